The number of piperazine rings is 1. The summed E-state index contributed by atoms with van der Waals surface area (Å²) in [5, 5.41) is 9.57. The maximum atomic E-state index is 14.4. The van der Waals surface area contributed by atoms with Gasteiger partial charge in [-0.2, -0.15) is 10.2 Å². The second-order valence-electron chi connectivity index (χ2n) is 12.8. The summed E-state index contributed by atoms with van der Waals surface area (Å²) in [7, 11) is 5.90. The Morgan fingerprint density at radius 1 is 1.23 bits per heavy atom. The largest absolute Gasteiger partial charge is 0.383 e. The number of ether oxygens (including phenoxy) is 1. The van der Waals surface area contributed by atoms with Gasteiger partial charge in [-0.15, -0.1) is 0 Å². The predicted molar refractivity (Wildman–Crippen MR) is 169 cm³/mol. The number of anilines is 3. The molecule has 2 unspecified atom stereocenters. The molecule has 2 aromatic rings. The van der Waals surface area contributed by atoms with Gasteiger partial charge < -0.3 is 24.3 Å². The van der Waals surface area contributed by atoms with Crippen LogP contribution in [0, 0.1) is 17.1 Å². The molecule has 3 aliphatic heterocycles. The first-order valence-electron chi connectivity index (χ1n) is 15.7. The number of benzene rings is 1. The minimum Gasteiger partial charge on any atom is -0.383 e. The van der Waals surface area contributed by atoms with E-state index in [1.807, 2.05) is 6.07 Å². The van der Waals surface area contributed by atoms with Crippen molar-refractivity contribution in [3.8, 4) is 6.07 Å². The van der Waals surface area contributed by atoms with Crippen LogP contribution in [0.4, 0.5) is 21.8 Å². The van der Waals surface area contributed by atoms with E-state index in [0.717, 1.165) is 74.5 Å². The number of halogens is 1. The lowest BCUT2D eigenvalue weighted by Gasteiger charge is -2.53. The van der Waals surface area contributed by atoms with E-state index in [0.29, 0.717) is 32.2 Å². The first kappa shape index (κ1) is 30.3. The van der Waals surface area contributed by atoms with Gasteiger partial charge in [0, 0.05) is 70.1 Å². The van der Waals surface area contributed by atoms with Crippen molar-refractivity contribution in [2.75, 3.05) is 81.8 Å². The van der Waals surface area contributed by atoms with Gasteiger partial charge in [0.25, 0.3) is 0 Å². The zero-order chi connectivity index (χ0) is 31.0. The van der Waals surface area contributed by atoms with Crippen LogP contribution in [0.2, 0.25) is 0 Å². The summed E-state index contributed by atoms with van der Waals surface area (Å²) in [4.78, 5) is 33.8. The van der Waals surface area contributed by atoms with Crippen molar-refractivity contribution in [1.82, 2.24) is 19.8 Å². The summed E-state index contributed by atoms with van der Waals surface area (Å²) in [5.74, 6) is 1.28. The van der Waals surface area contributed by atoms with Crippen LogP contribution in [0.15, 0.2) is 30.9 Å². The molecule has 0 spiro atoms. The summed E-state index contributed by atoms with van der Waals surface area (Å²) in [5.41, 5.74) is 4.31. The van der Waals surface area contributed by atoms with E-state index in [2.05, 4.69) is 46.3 Å². The van der Waals surface area contributed by atoms with Gasteiger partial charge in [0.05, 0.1) is 36.4 Å². The number of hydrogen-bond acceptors (Lipinski definition) is 9. The van der Waals surface area contributed by atoms with Crippen LogP contribution in [-0.4, -0.2) is 110 Å². The summed E-state index contributed by atoms with van der Waals surface area (Å²) >= 11 is 0. The van der Waals surface area contributed by atoms with E-state index in [9.17, 15) is 14.4 Å². The van der Waals surface area contributed by atoms with E-state index in [1.54, 1.807) is 24.1 Å². The Morgan fingerprint density at radius 2 is 2.05 bits per heavy atom. The molecule has 2 fully saturated rings. The summed E-state index contributed by atoms with van der Waals surface area (Å²) < 4.78 is 19.9. The summed E-state index contributed by atoms with van der Waals surface area (Å²) in [6.45, 7) is 8.37. The van der Waals surface area contributed by atoms with Crippen molar-refractivity contribution in [3.63, 3.8) is 0 Å². The van der Waals surface area contributed by atoms with Crippen LogP contribution in [0.25, 0.3) is 0 Å². The Balaban J connectivity index is 1.34. The Morgan fingerprint density at radius 3 is 2.77 bits per heavy atom. The van der Waals surface area contributed by atoms with Crippen molar-refractivity contribution in [3.05, 3.63) is 53.5 Å². The fourth-order valence-electron chi connectivity index (χ4n) is 7.50. The molecule has 6 rings (SSSR count). The topological polar surface area (TPSA) is 92.1 Å². The maximum absolute atomic E-state index is 14.4. The molecule has 2 saturated heterocycles. The number of methoxy groups -OCH3 is 1. The Hall–Kier alpha value is -3.75. The number of likely N-dealkylation sites (N-methyl/N-ethyl adjacent to an activating group) is 1. The number of rotatable bonds is 8. The number of hydrogen-bond donors (Lipinski definition) is 0. The molecule has 0 radical (unpaired) electrons. The number of aromatic nitrogens is 2. The molecule has 1 aliphatic carbocycles. The minimum absolute atomic E-state index is 0.104. The molecule has 11 heteroatoms. The Kier molecular flexibility index (Phi) is 8.49. The van der Waals surface area contributed by atoms with Gasteiger partial charge in [0.15, 0.2) is 0 Å². The van der Waals surface area contributed by atoms with Crippen LogP contribution >= 0.6 is 0 Å². The second-order valence-corrected chi connectivity index (χ2v) is 12.8. The standard InChI is InChI=1S/C33H43FN8O2/c1-5-30(43)42-16-15-39(19-26(42)12-13-35)31-27-11-10-25(41-14-6-7-23-8-9-24(34)17-29(23)41)18-28(27)36-32(37-31)40-20-33(21-40,22-44-4)38(2)3/h5,8-9,17,25-26H,1,6-7,10-12,14-16,18-22H2,2-4H3. The quantitative estimate of drug-likeness (QED) is 0.423. The molecule has 0 saturated carbocycles. The molecule has 0 N–H and O–H groups in total. The van der Waals surface area contributed by atoms with E-state index >= 15 is 0 Å². The molecule has 1 aromatic heterocycles. The smallest absolute Gasteiger partial charge is 0.246 e. The molecule has 4 heterocycles. The molecular formula is C33H43FN8O2. The number of fused-ring (bicyclic) bond motifs is 2. The number of carbonyl (C=O) groups is 1. The highest BCUT2D eigenvalue weighted by Crippen LogP contribution is 2.38. The molecular weight excluding hydrogens is 559 g/mol. The van der Waals surface area contributed by atoms with E-state index in [-0.39, 0.29) is 35.8 Å². The second kappa shape index (κ2) is 12.3. The third-order valence-corrected chi connectivity index (χ3v) is 10.0. The molecule has 2 atom stereocenters. The molecule has 1 amide bonds. The van der Waals surface area contributed by atoms with Gasteiger partial charge in [-0.1, -0.05) is 12.6 Å². The highest BCUT2D eigenvalue weighted by molar-refractivity contribution is 5.87. The van der Waals surface area contributed by atoms with Crippen LogP contribution in [0.3, 0.4) is 0 Å². The van der Waals surface area contributed by atoms with Gasteiger partial charge in [0.2, 0.25) is 11.9 Å². The average molecular weight is 603 g/mol. The number of nitrogens with zero attached hydrogens (tertiary/aromatic N) is 8. The average Bonchev–Trinajstić information content (AvgIpc) is 3.01. The SMILES string of the molecule is C=CC(=O)N1CCN(c2nc(N3CC(COC)(N(C)C)C3)nc3c2CCC(N2CCCc4ccc(F)cc42)C3)CC1CC#N. The van der Waals surface area contributed by atoms with Gasteiger partial charge in [0.1, 0.15) is 11.6 Å². The van der Waals surface area contributed by atoms with Crippen LogP contribution in [-0.2, 0) is 28.8 Å². The van der Waals surface area contributed by atoms with Crippen molar-refractivity contribution in [2.45, 2.75) is 56.1 Å². The van der Waals surface area contributed by atoms with Crippen LogP contribution in [0.5, 0.6) is 0 Å². The molecule has 44 heavy (non-hydrogen) atoms. The van der Waals surface area contributed by atoms with Gasteiger partial charge >= 0.3 is 0 Å². The Bertz CT molecular complexity index is 1450. The third kappa shape index (κ3) is 5.50. The fraction of sp³-hybridized carbons (Fsp3) is 0.576. The summed E-state index contributed by atoms with van der Waals surface area (Å²) in [6.07, 6.45) is 6.10. The third-order valence-electron chi connectivity index (χ3n) is 10.0. The van der Waals surface area contributed by atoms with Crippen LogP contribution in [0.1, 0.15) is 36.1 Å². The maximum Gasteiger partial charge on any atom is 0.246 e. The molecule has 10 nitrogen and oxygen atoms in total. The van der Waals surface area contributed by atoms with Crippen molar-refractivity contribution < 1.29 is 13.9 Å². The summed E-state index contributed by atoms with van der Waals surface area (Å²) in [6, 6.07) is 7.44. The van der Waals surface area contributed by atoms with Crippen molar-refractivity contribution in [1.29, 1.82) is 5.26 Å². The predicted octanol–water partition coefficient (Wildman–Crippen LogP) is 2.81. The van der Waals surface area contributed by atoms with Crippen molar-refractivity contribution in [2.24, 2.45) is 0 Å². The van der Waals surface area contributed by atoms with E-state index in [4.69, 9.17) is 14.7 Å². The zero-order valence-electron chi connectivity index (χ0n) is 26.1. The Labute approximate surface area is 259 Å². The minimum atomic E-state index is -0.239. The first-order valence-corrected chi connectivity index (χ1v) is 15.7. The number of aryl methyl sites for hydroxylation is 1. The lowest BCUT2D eigenvalue weighted by atomic mass is 9.88. The molecule has 234 valence electrons. The van der Waals surface area contributed by atoms with Crippen molar-refractivity contribution >= 4 is 23.4 Å². The van der Waals surface area contributed by atoms with Gasteiger partial charge in [-0.25, -0.2) is 9.37 Å². The monoisotopic (exact) mass is 602 g/mol. The number of carbonyl (C=O) groups excluding carboxylic acids is 1. The normalized spacial score (nSPS) is 22.6. The van der Waals surface area contributed by atoms with E-state index < -0.39 is 0 Å². The number of nitriles is 1. The molecule has 1 aromatic carbocycles. The highest BCUT2D eigenvalue weighted by atomic mass is 19.1. The zero-order valence-corrected chi connectivity index (χ0v) is 26.1. The first-order chi connectivity index (χ1) is 21.3. The van der Waals surface area contributed by atoms with Gasteiger partial charge in [-0.05, 0) is 63.6 Å². The van der Waals surface area contributed by atoms with Crippen LogP contribution < -0.4 is 14.7 Å². The van der Waals surface area contributed by atoms with Gasteiger partial charge in [-0.3, -0.25) is 9.69 Å². The number of amides is 1. The molecule has 4 aliphatic rings. The molecule has 0 bridgehead atoms. The fourth-order valence-corrected chi connectivity index (χ4v) is 7.50. The highest BCUT2D eigenvalue weighted by Gasteiger charge is 2.47. The van der Waals surface area contributed by atoms with E-state index in [1.165, 1.54) is 11.6 Å². The lowest BCUT2D eigenvalue weighted by Crippen LogP contribution is -2.71. The lowest BCUT2D eigenvalue weighted by molar-refractivity contribution is -0.128.